The predicted octanol–water partition coefficient (Wildman–Crippen LogP) is 1.80. The number of esters is 1. The Morgan fingerprint density at radius 3 is 2.78 bits per heavy atom. The highest BCUT2D eigenvalue weighted by molar-refractivity contribution is 6.16. The normalized spacial score (nSPS) is 13.6. The van der Waals surface area contributed by atoms with E-state index in [9.17, 15) is 9.59 Å². The first-order chi connectivity index (χ1) is 8.69. The fourth-order valence-electron chi connectivity index (χ4n) is 1.94. The zero-order valence-electron chi connectivity index (χ0n) is 10.3. The van der Waals surface area contributed by atoms with E-state index < -0.39 is 5.97 Å². The molecule has 1 aliphatic heterocycles. The van der Waals surface area contributed by atoms with E-state index >= 15 is 0 Å². The second kappa shape index (κ2) is 4.90. The van der Waals surface area contributed by atoms with E-state index in [2.05, 4.69) is 0 Å². The molecule has 0 radical (unpaired) electrons. The molecular formula is C14H13NO3. The first kappa shape index (κ1) is 12.1. The number of anilines is 1. The minimum absolute atomic E-state index is 0.244. The average molecular weight is 243 g/mol. The molecule has 0 saturated heterocycles. The molecule has 2 rings (SSSR count). The predicted molar refractivity (Wildman–Crippen MR) is 68.7 cm³/mol. The standard InChI is InChI=1S/C14H13NO3/c1-3-18-14(17)11-8-15(2)13-7-5-4-6-10(13)12(11)9-16/h4-8H,3H2,1-2H3. The number of carbonyl (C=O) groups is 1. The molecule has 92 valence electrons. The quantitative estimate of drug-likeness (QED) is 0.587. The highest BCUT2D eigenvalue weighted by Gasteiger charge is 2.26. The molecule has 1 aliphatic rings. The summed E-state index contributed by atoms with van der Waals surface area (Å²) in [6, 6.07) is 7.36. The van der Waals surface area contributed by atoms with Crippen molar-refractivity contribution in [1.29, 1.82) is 0 Å². The Labute approximate surface area is 105 Å². The fourth-order valence-corrected chi connectivity index (χ4v) is 1.94. The van der Waals surface area contributed by atoms with Crippen molar-refractivity contribution in [3.05, 3.63) is 41.6 Å². The Morgan fingerprint density at radius 1 is 1.39 bits per heavy atom. The largest absolute Gasteiger partial charge is 0.462 e. The molecule has 0 saturated carbocycles. The SMILES string of the molecule is CCOC(=O)C1=CN(C)c2ccccc2C1=C=O. The van der Waals surface area contributed by atoms with E-state index in [0.29, 0.717) is 5.56 Å². The van der Waals surface area contributed by atoms with Crippen LogP contribution in [0, 0.1) is 0 Å². The van der Waals surface area contributed by atoms with Crippen LogP contribution >= 0.6 is 0 Å². The molecule has 0 unspecified atom stereocenters. The number of hydrogen-bond donors (Lipinski definition) is 0. The number of carbonyl (C=O) groups excluding carboxylic acids is 2. The third-order valence-corrected chi connectivity index (χ3v) is 2.74. The van der Waals surface area contributed by atoms with Crippen molar-refractivity contribution in [2.45, 2.75) is 6.92 Å². The van der Waals surface area contributed by atoms with Crippen LogP contribution in [-0.2, 0) is 14.3 Å². The lowest BCUT2D eigenvalue weighted by Gasteiger charge is -2.25. The average Bonchev–Trinajstić information content (AvgIpc) is 2.39. The molecule has 0 N–H and O–H groups in total. The number of benzene rings is 1. The van der Waals surface area contributed by atoms with Crippen molar-refractivity contribution in [3.63, 3.8) is 0 Å². The van der Waals surface area contributed by atoms with Crippen LogP contribution in [-0.4, -0.2) is 25.6 Å². The summed E-state index contributed by atoms with van der Waals surface area (Å²) in [5.74, 6) is 1.34. The molecule has 18 heavy (non-hydrogen) atoms. The number of ether oxygens (including phenoxy) is 1. The Bertz CT molecular complexity index is 568. The minimum Gasteiger partial charge on any atom is -0.462 e. The number of para-hydroxylation sites is 1. The van der Waals surface area contributed by atoms with Crippen LogP contribution in [0.5, 0.6) is 0 Å². The summed E-state index contributed by atoms with van der Waals surface area (Å²) in [7, 11) is 1.82. The summed E-state index contributed by atoms with van der Waals surface area (Å²) in [5, 5.41) is 0. The summed E-state index contributed by atoms with van der Waals surface area (Å²) in [6.07, 6.45) is 1.60. The zero-order valence-corrected chi connectivity index (χ0v) is 10.3. The van der Waals surface area contributed by atoms with Gasteiger partial charge in [-0.1, -0.05) is 18.2 Å². The van der Waals surface area contributed by atoms with Gasteiger partial charge in [0.25, 0.3) is 0 Å². The van der Waals surface area contributed by atoms with Gasteiger partial charge in [0.15, 0.2) is 0 Å². The lowest BCUT2D eigenvalue weighted by molar-refractivity contribution is -0.138. The van der Waals surface area contributed by atoms with Gasteiger partial charge in [-0.05, 0) is 13.0 Å². The monoisotopic (exact) mass is 243 g/mol. The van der Waals surface area contributed by atoms with Gasteiger partial charge in [0.1, 0.15) is 5.94 Å². The minimum atomic E-state index is -0.503. The van der Waals surface area contributed by atoms with Gasteiger partial charge in [0.2, 0.25) is 0 Å². The van der Waals surface area contributed by atoms with Crippen molar-refractivity contribution in [2.24, 2.45) is 0 Å². The van der Waals surface area contributed by atoms with Gasteiger partial charge in [-0.25, -0.2) is 9.59 Å². The summed E-state index contributed by atoms with van der Waals surface area (Å²) >= 11 is 0. The van der Waals surface area contributed by atoms with Gasteiger partial charge < -0.3 is 9.64 Å². The molecule has 0 aromatic heterocycles. The van der Waals surface area contributed by atoms with Gasteiger partial charge in [-0.2, -0.15) is 0 Å². The summed E-state index contributed by atoms with van der Waals surface area (Å²) in [4.78, 5) is 24.7. The van der Waals surface area contributed by atoms with Crippen LogP contribution in [0.3, 0.4) is 0 Å². The van der Waals surface area contributed by atoms with E-state index in [1.165, 1.54) is 0 Å². The summed E-state index contributed by atoms with van der Waals surface area (Å²) in [6.45, 7) is 2.00. The van der Waals surface area contributed by atoms with Gasteiger partial charge in [-0.15, -0.1) is 0 Å². The van der Waals surface area contributed by atoms with E-state index in [1.54, 1.807) is 24.1 Å². The van der Waals surface area contributed by atoms with E-state index in [0.717, 1.165) is 5.69 Å². The van der Waals surface area contributed by atoms with E-state index in [-0.39, 0.29) is 17.8 Å². The van der Waals surface area contributed by atoms with Crippen molar-refractivity contribution in [1.82, 2.24) is 0 Å². The van der Waals surface area contributed by atoms with Crippen molar-refractivity contribution >= 4 is 23.2 Å². The summed E-state index contributed by atoms with van der Waals surface area (Å²) in [5.41, 5.74) is 2.06. The second-order valence-corrected chi connectivity index (χ2v) is 3.87. The number of hydrogen-bond acceptors (Lipinski definition) is 4. The van der Waals surface area contributed by atoms with Crippen LogP contribution in [0.4, 0.5) is 5.69 Å². The van der Waals surface area contributed by atoms with Crippen LogP contribution in [0.15, 0.2) is 36.0 Å². The zero-order chi connectivity index (χ0) is 13.1. The Balaban J connectivity index is 2.53. The smallest absolute Gasteiger partial charge is 0.341 e. The fraction of sp³-hybridized carbons (Fsp3) is 0.214. The van der Waals surface area contributed by atoms with Crippen LogP contribution in [0.2, 0.25) is 0 Å². The molecular weight excluding hydrogens is 230 g/mol. The number of rotatable bonds is 2. The lowest BCUT2D eigenvalue weighted by Crippen LogP contribution is -2.21. The molecule has 4 heteroatoms. The topological polar surface area (TPSA) is 46.6 Å². The molecule has 1 aromatic carbocycles. The van der Waals surface area contributed by atoms with Gasteiger partial charge >= 0.3 is 5.97 Å². The molecule has 1 aromatic rings. The molecule has 0 spiro atoms. The van der Waals surface area contributed by atoms with Crippen molar-refractivity contribution in [2.75, 3.05) is 18.6 Å². The highest BCUT2D eigenvalue weighted by atomic mass is 16.5. The molecule has 0 amide bonds. The lowest BCUT2D eigenvalue weighted by atomic mass is 9.95. The van der Waals surface area contributed by atoms with E-state index in [4.69, 9.17) is 4.74 Å². The summed E-state index contributed by atoms with van der Waals surface area (Å²) < 4.78 is 4.94. The van der Waals surface area contributed by atoms with Crippen molar-refractivity contribution < 1.29 is 14.3 Å². The molecule has 4 nitrogen and oxygen atoms in total. The maximum absolute atomic E-state index is 11.8. The Hall–Kier alpha value is -2.32. The third kappa shape index (κ3) is 1.94. The van der Waals surface area contributed by atoms with Gasteiger partial charge in [-0.3, -0.25) is 0 Å². The van der Waals surface area contributed by atoms with Crippen LogP contribution < -0.4 is 4.90 Å². The number of nitrogens with zero attached hydrogens (tertiary/aromatic N) is 1. The molecule has 0 fully saturated rings. The molecule has 1 heterocycles. The van der Waals surface area contributed by atoms with Gasteiger partial charge in [0.05, 0.1) is 17.8 Å². The molecule has 0 atom stereocenters. The molecule has 0 aliphatic carbocycles. The maximum Gasteiger partial charge on any atom is 0.341 e. The third-order valence-electron chi connectivity index (χ3n) is 2.74. The molecule has 0 bridgehead atoms. The van der Waals surface area contributed by atoms with Crippen LogP contribution in [0.25, 0.3) is 5.57 Å². The van der Waals surface area contributed by atoms with E-state index in [1.807, 2.05) is 31.2 Å². The first-order valence-electron chi connectivity index (χ1n) is 5.65. The Morgan fingerprint density at radius 2 is 2.11 bits per heavy atom. The van der Waals surface area contributed by atoms with Crippen molar-refractivity contribution in [3.8, 4) is 0 Å². The highest BCUT2D eigenvalue weighted by Crippen LogP contribution is 2.34. The van der Waals surface area contributed by atoms with Gasteiger partial charge in [0, 0.05) is 24.5 Å². The first-order valence-corrected chi connectivity index (χ1v) is 5.65. The maximum atomic E-state index is 11.8. The second-order valence-electron chi connectivity index (χ2n) is 3.87. The Kier molecular flexibility index (Phi) is 3.31. The number of fused-ring (bicyclic) bond motifs is 1. The van der Waals surface area contributed by atoms with Crippen LogP contribution in [0.1, 0.15) is 12.5 Å².